The summed E-state index contributed by atoms with van der Waals surface area (Å²) in [4.78, 5) is 27.4. The van der Waals surface area contributed by atoms with Crippen molar-refractivity contribution in [2.24, 2.45) is 17.6 Å². The molecular formula is C20H18N2O2. The van der Waals surface area contributed by atoms with Gasteiger partial charge in [-0.15, -0.1) is 0 Å². The number of benzene rings is 2. The Bertz CT molecular complexity index is 760. The predicted molar refractivity (Wildman–Crippen MR) is 89.3 cm³/mol. The van der Waals surface area contributed by atoms with E-state index in [-0.39, 0.29) is 35.5 Å². The Labute approximate surface area is 140 Å². The van der Waals surface area contributed by atoms with Crippen LogP contribution in [0.5, 0.6) is 0 Å². The van der Waals surface area contributed by atoms with E-state index in [9.17, 15) is 9.59 Å². The van der Waals surface area contributed by atoms with Crippen molar-refractivity contribution in [1.82, 2.24) is 4.90 Å². The molecule has 2 amide bonds. The number of hydrogen-bond acceptors (Lipinski definition) is 3. The number of nitrogens with zero attached hydrogens (tertiary/aromatic N) is 1. The van der Waals surface area contributed by atoms with E-state index in [1.807, 2.05) is 24.3 Å². The molecule has 2 bridgehead atoms. The van der Waals surface area contributed by atoms with Gasteiger partial charge in [-0.3, -0.25) is 14.5 Å². The Morgan fingerprint density at radius 2 is 1.12 bits per heavy atom. The van der Waals surface area contributed by atoms with Gasteiger partial charge < -0.3 is 5.73 Å². The zero-order chi connectivity index (χ0) is 16.4. The maximum atomic E-state index is 13.0. The van der Waals surface area contributed by atoms with Gasteiger partial charge in [0.1, 0.15) is 0 Å². The van der Waals surface area contributed by atoms with Crippen LogP contribution in [0.3, 0.4) is 0 Å². The fourth-order valence-electron chi connectivity index (χ4n) is 5.09. The second kappa shape index (κ2) is 4.77. The zero-order valence-corrected chi connectivity index (χ0v) is 13.2. The summed E-state index contributed by atoms with van der Waals surface area (Å²) >= 11 is 0. The molecular weight excluding hydrogens is 300 g/mol. The number of carbonyl (C=O) groups is 2. The van der Waals surface area contributed by atoms with Crippen LogP contribution in [0.25, 0.3) is 0 Å². The normalized spacial score (nSPS) is 29.5. The first-order valence-electron chi connectivity index (χ1n) is 8.47. The molecule has 0 unspecified atom stereocenters. The van der Waals surface area contributed by atoms with Crippen molar-refractivity contribution in [2.45, 2.75) is 11.8 Å². The summed E-state index contributed by atoms with van der Waals surface area (Å²) in [5.41, 5.74) is 10.5. The molecule has 2 aromatic rings. The van der Waals surface area contributed by atoms with Crippen LogP contribution in [0.4, 0.5) is 0 Å². The van der Waals surface area contributed by atoms with E-state index in [0.717, 1.165) is 0 Å². The van der Waals surface area contributed by atoms with Gasteiger partial charge in [0.25, 0.3) is 0 Å². The van der Waals surface area contributed by atoms with E-state index in [1.165, 1.54) is 27.2 Å². The molecule has 2 N–H and O–H groups in total. The van der Waals surface area contributed by atoms with Gasteiger partial charge in [0.05, 0.1) is 11.8 Å². The lowest BCUT2D eigenvalue weighted by atomic mass is 9.55. The van der Waals surface area contributed by atoms with E-state index >= 15 is 0 Å². The van der Waals surface area contributed by atoms with Gasteiger partial charge in [0.15, 0.2) is 0 Å². The number of rotatable bonds is 2. The zero-order valence-electron chi connectivity index (χ0n) is 13.2. The fraction of sp³-hybridized carbons (Fsp3) is 0.300. The minimum absolute atomic E-state index is 0.0216. The highest BCUT2D eigenvalue weighted by molar-refractivity contribution is 6.07. The van der Waals surface area contributed by atoms with Crippen molar-refractivity contribution in [3.63, 3.8) is 0 Å². The van der Waals surface area contributed by atoms with E-state index in [4.69, 9.17) is 5.73 Å². The summed E-state index contributed by atoms with van der Waals surface area (Å²) in [6, 6.07) is 16.5. The number of nitrogens with two attached hydrogens (primary N) is 1. The van der Waals surface area contributed by atoms with Crippen LogP contribution in [-0.4, -0.2) is 29.8 Å². The standard InChI is InChI=1S/C20H18N2O2/c21-9-10-22-19(23)17-15-11-5-1-2-6-12(11)16(18(17)20(22)24)14-8-4-3-7-13(14)15/h1-8,15-18H,9-10,21H2/t15?,16?,17-,18-/m1/s1. The van der Waals surface area contributed by atoms with E-state index in [0.29, 0.717) is 13.1 Å². The van der Waals surface area contributed by atoms with E-state index in [2.05, 4.69) is 24.3 Å². The molecule has 0 aromatic heterocycles. The number of amides is 2. The van der Waals surface area contributed by atoms with Crippen molar-refractivity contribution in [3.05, 3.63) is 70.8 Å². The molecule has 2 atom stereocenters. The lowest BCUT2D eigenvalue weighted by Crippen LogP contribution is -2.41. The average molecular weight is 318 g/mol. The minimum atomic E-state index is -0.279. The Hall–Kier alpha value is -2.46. The summed E-state index contributed by atoms with van der Waals surface area (Å²) in [6.45, 7) is 0.628. The second-order valence-electron chi connectivity index (χ2n) is 6.88. The lowest BCUT2D eigenvalue weighted by Gasteiger charge is -2.45. The van der Waals surface area contributed by atoms with Crippen LogP contribution in [0.1, 0.15) is 34.1 Å². The van der Waals surface area contributed by atoms with Crippen LogP contribution in [0.15, 0.2) is 48.5 Å². The smallest absolute Gasteiger partial charge is 0.234 e. The summed E-state index contributed by atoms with van der Waals surface area (Å²) in [5.74, 6) is -0.695. The largest absolute Gasteiger partial charge is 0.329 e. The van der Waals surface area contributed by atoms with Crippen LogP contribution >= 0.6 is 0 Å². The summed E-state index contributed by atoms with van der Waals surface area (Å²) in [5, 5.41) is 0. The second-order valence-corrected chi connectivity index (χ2v) is 6.88. The molecule has 4 nitrogen and oxygen atoms in total. The first-order valence-corrected chi connectivity index (χ1v) is 8.47. The van der Waals surface area contributed by atoms with Gasteiger partial charge in [-0.25, -0.2) is 0 Å². The first-order chi connectivity index (χ1) is 11.7. The van der Waals surface area contributed by atoms with Gasteiger partial charge in [-0.2, -0.15) is 0 Å². The molecule has 120 valence electrons. The van der Waals surface area contributed by atoms with Crippen molar-refractivity contribution < 1.29 is 9.59 Å². The maximum absolute atomic E-state index is 13.0. The highest BCUT2D eigenvalue weighted by Gasteiger charge is 2.61. The molecule has 1 fully saturated rings. The number of hydrogen-bond donors (Lipinski definition) is 1. The Kier molecular flexibility index (Phi) is 2.77. The molecule has 3 aliphatic carbocycles. The highest BCUT2D eigenvalue weighted by Crippen LogP contribution is 2.60. The number of likely N-dealkylation sites (tertiary alicyclic amines) is 1. The van der Waals surface area contributed by atoms with Gasteiger partial charge >= 0.3 is 0 Å². The monoisotopic (exact) mass is 318 g/mol. The van der Waals surface area contributed by atoms with Crippen molar-refractivity contribution in [1.29, 1.82) is 0 Å². The van der Waals surface area contributed by atoms with Gasteiger partial charge in [-0.05, 0) is 22.3 Å². The molecule has 24 heavy (non-hydrogen) atoms. The molecule has 1 aliphatic heterocycles. The Morgan fingerprint density at radius 3 is 1.46 bits per heavy atom. The topological polar surface area (TPSA) is 63.4 Å². The van der Waals surface area contributed by atoms with Crippen LogP contribution in [0, 0.1) is 11.8 Å². The molecule has 1 heterocycles. The summed E-state index contributed by atoms with van der Waals surface area (Å²) < 4.78 is 0. The Balaban J connectivity index is 1.77. The summed E-state index contributed by atoms with van der Waals surface area (Å²) in [7, 11) is 0. The van der Waals surface area contributed by atoms with Crippen molar-refractivity contribution >= 4 is 11.8 Å². The van der Waals surface area contributed by atoms with Crippen LogP contribution in [0.2, 0.25) is 0 Å². The molecule has 4 aliphatic rings. The van der Waals surface area contributed by atoms with Crippen LogP contribution in [-0.2, 0) is 9.59 Å². The number of imide groups is 1. The predicted octanol–water partition coefficient (Wildman–Crippen LogP) is 1.84. The highest BCUT2D eigenvalue weighted by atomic mass is 16.2. The molecule has 4 heteroatoms. The molecule has 1 saturated heterocycles. The van der Waals surface area contributed by atoms with Crippen molar-refractivity contribution in [3.8, 4) is 0 Å². The van der Waals surface area contributed by atoms with Crippen molar-refractivity contribution in [2.75, 3.05) is 13.1 Å². The average Bonchev–Trinajstić information content (AvgIpc) is 2.88. The quantitative estimate of drug-likeness (QED) is 0.859. The third-order valence-electron chi connectivity index (χ3n) is 5.89. The third-order valence-corrected chi connectivity index (χ3v) is 5.89. The lowest BCUT2D eigenvalue weighted by molar-refractivity contribution is -0.139. The molecule has 6 rings (SSSR count). The SMILES string of the molecule is NCCN1C(=O)[C@@H]2C3c4ccccc4C(c4ccccc43)[C@H]2C1=O. The van der Waals surface area contributed by atoms with E-state index < -0.39 is 0 Å². The van der Waals surface area contributed by atoms with Gasteiger partial charge in [0.2, 0.25) is 11.8 Å². The van der Waals surface area contributed by atoms with Gasteiger partial charge in [-0.1, -0.05) is 48.5 Å². The first kappa shape index (κ1) is 13.9. The third kappa shape index (κ3) is 1.52. The minimum Gasteiger partial charge on any atom is -0.329 e. The molecule has 0 saturated carbocycles. The molecule has 0 radical (unpaired) electrons. The molecule has 0 spiro atoms. The fourth-order valence-corrected chi connectivity index (χ4v) is 5.09. The van der Waals surface area contributed by atoms with E-state index in [1.54, 1.807) is 0 Å². The number of carbonyl (C=O) groups excluding carboxylic acids is 2. The molecule has 2 aromatic carbocycles. The van der Waals surface area contributed by atoms with Gasteiger partial charge in [0, 0.05) is 24.9 Å². The van der Waals surface area contributed by atoms with Crippen LogP contribution < -0.4 is 5.73 Å². The maximum Gasteiger partial charge on any atom is 0.234 e. The summed E-state index contributed by atoms with van der Waals surface area (Å²) in [6.07, 6.45) is 0. The Morgan fingerprint density at radius 1 is 0.750 bits per heavy atom.